The number of aryl methyl sites for hydroxylation is 2. The van der Waals surface area contributed by atoms with E-state index in [1.807, 2.05) is 31.2 Å². The Bertz CT molecular complexity index is 809. The molecule has 150 valence electrons. The maximum absolute atomic E-state index is 13.1. The molecule has 0 spiro atoms. The SMILES string of the molecule is Cc1ccc(CCC(=O)NCCOC(=O)C(C)Oc2ccc(F)c(F)c2)cc1. The molecule has 28 heavy (non-hydrogen) atoms. The number of hydrogen-bond donors (Lipinski definition) is 1. The van der Waals surface area contributed by atoms with E-state index in [2.05, 4.69) is 5.32 Å². The van der Waals surface area contributed by atoms with Crippen LogP contribution in [0, 0.1) is 18.6 Å². The minimum Gasteiger partial charge on any atom is -0.479 e. The molecule has 1 atom stereocenters. The summed E-state index contributed by atoms with van der Waals surface area (Å²) in [7, 11) is 0. The summed E-state index contributed by atoms with van der Waals surface area (Å²) < 4.78 is 36.2. The maximum atomic E-state index is 13.1. The van der Waals surface area contributed by atoms with Crippen molar-refractivity contribution in [3.8, 4) is 5.75 Å². The van der Waals surface area contributed by atoms with Crippen molar-refractivity contribution in [3.63, 3.8) is 0 Å². The number of hydrogen-bond acceptors (Lipinski definition) is 4. The van der Waals surface area contributed by atoms with Crippen LogP contribution >= 0.6 is 0 Å². The zero-order valence-corrected chi connectivity index (χ0v) is 15.8. The van der Waals surface area contributed by atoms with Crippen molar-refractivity contribution >= 4 is 11.9 Å². The number of carbonyl (C=O) groups excluding carboxylic acids is 2. The van der Waals surface area contributed by atoms with Crippen molar-refractivity contribution in [2.24, 2.45) is 0 Å². The molecule has 2 aromatic carbocycles. The zero-order chi connectivity index (χ0) is 20.5. The monoisotopic (exact) mass is 391 g/mol. The lowest BCUT2D eigenvalue weighted by molar-refractivity contribution is -0.151. The number of amides is 1. The molecule has 2 aromatic rings. The van der Waals surface area contributed by atoms with E-state index in [1.54, 1.807) is 0 Å². The van der Waals surface area contributed by atoms with Crippen LogP contribution in [0.2, 0.25) is 0 Å². The number of esters is 1. The molecule has 5 nitrogen and oxygen atoms in total. The van der Waals surface area contributed by atoms with E-state index < -0.39 is 23.7 Å². The number of halogens is 2. The molecule has 0 saturated carbocycles. The van der Waals surface area contributed by atoms with Gasteiger partial charge in [-0.05, 0) is 38.0 Å². The van der Waals surface area contributed by atoms with Gasteiger partial charge in [-0.1, -0.05) is 29.8 Å². The van der Waals surface area contributed by atoms with E-state index >= 15 is 0 Å². The van der Waals surface area contributed by atoms with Gasteiger partial charge in [0.05, 0.1) is 6.54 Å². The van der Waals surface area contributed by atoms with Crippen molar-refractivity contribution < 1.29 is 27.8 Å². The summed E-state index contributed by atoms with van der Waals surface area (Å²) in [6, 6.07) is 10.9. The Morgan fingerprint density at radius 1 is 1.07 bits per heavy atom. The predicted octanol–water partition coefficient (Wildman–Crippen LogP) is 3.33. The van der Waals surface area contributed by atoms with Gasteiger partial charge >= 0.3 is 5.97 Å². The molecule has 1 N–H and O–H groups in total. The van der Waals surface area contributed by atoms with Crippen LogP contribution in [0.4, 0.5) is 8.78 Å². The third-order valence-electron chi connectivity index (χ3n) is 3.97. The Morgan fingerprint density at radius 2 is 1.79 bits per heavy atom. The van der Waals surface area contributed by atoms with E-state index in [4.69, 9.17) is 9.47 Å². The van der Waals surface area contributed by atoms with Crippen LogP contribution in [0.25, 0.3) is 0 Å². The van der Waals surface area contributed by atoms with Crippen molar-refractivity contribution in [2.45, 2.75) is 32.8 Å². The normalized spacial score (nSPS) is 11.6. The highest BCUT2D eigenvalue weighted by Gasteiger charge is 2.17. The molecule has 1 unspecified atom stereocenters. The fourth-order valence-electron chi connectivity index (χ4n) is 2.36. The first-order valence-corrected chi connectivity index (χ1v) is 8.95. The number of carbonyl (C=O) groups is 2. The van der Waals surface area contributed by atoms with Gasteiger partial charge in [0.15, 0.2) is 17.7 Å². The van der Waals surface area contributed by atoms with Crippen LogP contribution in [0.3, 0.4) is 0 Å². The second-order valence-corrected chi connectivity index (χ2v) is 6.34. The highest BCUT2D eigenvalue weighted by Crippen LogP contribution is 2.17. The van der Waals surface area contributed by atoms with Crippen molar-refractivity contribution in [1.29, 1.82) is 0 Å². The number of ether oxygens (including phenoxy) is 2. The lowest BCUT2D eigenvalue weighted by Gasteiger charge is -2.14. The molecule has 0 aliphatic rings. The minimum absolute atomic E-state index is 0.0133. The highest BCUT2D eigenvalue weighted by molar-refractivity contribution is 5.76. The van der Waals surface area contributed by atoms with Crippen LogP contribution in [-0.2, 0) is 20.7 Å². The minimum atomic E-state index is -1.06. The molecule has 0 saturated heterocycles. The zero-order valence-electron chi connectivity index (χ0n) is 15.8. The van der Waals surface area contributed by atoms with Gasteiger partial charge < -0.3 is 14.8 Å². The van der Waals surface area contributed by atoms with E-state index in [9.17, 15) is 18.4 Å². The number of nitrogens with one attached hydrogen (secondary N) is 1. The highest BCUT2D eigenvalue weighted by atomic mass is 19.2. The number of benzene rings is 2. The fourth-order valence-corrected chi connectivity index (χ4v) is 2.36. The van der Waals surface area contributed by atoms with Gasteiger partial charge in [-0.15, -0.1) is 0 Å². The van der Waals surface area contributed by atoms with Crippen LogP contribution < -0.4 is 10.1 Å². The average molecular weight is 391 g/mol. The second kappa shape index (κ2) is 10.4. The van der Waals surface area contributed by atoms with Gasteiger partial charge in [-0.3, -0.25) is 4.79 Å². The van der Waals surface area contributed by atoms with E-state index in [-0.39, 0.29) is 24.8 Å². The van der Waals surface area contributed by atoms with Crippen LogP contribution in [-0.4, -0.2) is 31.1 Å². The molecule has 2 rings (SSSR count). The van der Waals surface area contributed by atoms with Crippen LogP contribution in [0.5, 0.6) is 5.75 Å². The largest absolute Gasteiger partial charge is 0.479 e. The first-order valence-electron chi connectivity index (χ1n) is 8.95. The van der Waals surface area contributed by atoms with Crippen LogP contribution in [0.15, 0.2) is 42.5 Å². The maximum Gasteiger partial charge on any atom is 0.347 e. The summed E-state index contributed by atoms with van der Waals surface area (Å²) in [6.07, 6.45) is -0.0282. The first-order chi connectivity index (χ1) is 13.3. The molecule has 0 aliphatic carbocycles. The van der Waals surface area contributed by atoms with Gasteiger partial charge in [-0.2, -0.15) is 0 Å². The molecule has 0 bridgehead atoms. The smallest absolute Gasteiger partial charge is 0.347 e. The second-order valence-electron chi connectivity index (χ2n) is 6.34. The Morgan fingerprint density at radius 3 is 2.46 bits per heavy atom. The summed E-state index contributed by atoms with van der Waals surface area (Å²) >= 11 is 0. The molecule has 0 fully saturated rings. The Balaban J connectivity index is 1.63. The Kier molecular flexibility index (Phi) is 7.92. The van der Waals surface area contributed by atoms with Gasteiger partial charge in [0, 0.05) is 12.5 Å². The Hall–Kier alpha value is -2.96. The summed E-state index contributed by atoms with van der Waals surface area (Å²) in [4.78, 5) is 23.7. The van der Waals surface area contributed by atoms with Gasteiger partial charge in [0.1, 0.15) is 12.4 Å². The lowest BCUT2D eigenvalue weighted by atomic mass is 10.1. The first kappa shape index (κ1) is 21.3. The number of rotatable bonds is 9. The van der Waals surface area contributed by atoms with E-state index in [0.717, 1.165) is 23.3 Å². The molecule has 0 radical (unpaired) electrons. The molecule has 0 aliphatic heterocycles. The molecule has 0 heterocycles. The molecule has 1 amide bonds. The third kappa shape index (κ3) is 6.98. The van der Waals surface area contributed by atoms with Crippen molar-refractivity contribution in [3.05, 3.63) is 65.2 Å². The summed E-state index contributed by atoms with van der Waals surface area (Å²) in [5.41, 5.74) is 2.24. The van der Waals surface area contributed by atoms with E-state index in [0.29, 0.717) is 12.8 Å². The molecule has 0 aromatic heterocycles. The van der Waals surface area contributed by atoms with Gasteiger partial charge in [0.25, 0.3) is 0 Å². The summed E-state index contributed by atoms with van der Waals surface area (Å²) in [5, 5.41) is 2.67. The van der Waals surface area contributed by atoms with Crippen molar-refractivity contribution in [2.75, 3.05) is 13.2 Å². The lowest BCUT2D eigenvalue weighted by Crippen LogP contribution is -2.31. The summed E-state index contributed by atoms with van der Waals surface area (Å²) in [6.45, 7) is 3.60. The molecule has 7 heteroatoms. The van der Waals surface area contributed by atoms with Gasteiger partial charge in [-0.25, -0.2) is 13.6 Å². The Labute approximate surface area is 162 Å². The van der Waals surface area contributed by atoms with E-state index in [1.165, 1.54) is 13.0 Å². The predicted molar refractivity (Wildman–Crippen MR) is 99.9 cm³/mol. The third-order valence-corrected chi connectivity index (χ3v) is 3.97. The van der Waals surface area contributed by atoms with Gasteiger partial charge in [0.2, 0.25) is 5.91 Å². The molecular weight excluding hydrogens is 368 g/mol. The average Bonchev–Trinajstić information content (AvgIpc) is 2.67. The topological polar surface area (TPSA) is 64.6 Å². The fraction of sp³-hybridized carbons (Fsp3) is 0.333. The quantitative estimate of drug-likeness (QED) is 0.526. The van der Waals surface area contributed by atoms with Crippen LogP contribution in [0.1, 0.15) is 24.5 Å². The standard InChI is InChI=1S/C21H23F2NO4/c1-14-3-5-16(6-4-14)7-10-20(25)24-11-12-27-21(26)15(2)28-17-8-9-18(22)19(23)13-17/h3-6,8-9,13,15H,7,10-12H2,1-2H3,(H,24,25). The van der Waals surface area contributed by atoms with Crippen molar-refractivity contribution in [1.82, 2.24) is 5.32 Å². The summed E-state index contributed by atoms with van der Waals surface area (Å²) in [5.74, 6) is -2.85. The molecular formula is C21H23F2NO4.